The third kappa shape index (κ3) is 7.81. The Bertz CT molecular complexity index is 1180. The first-order valence-electron chi connectivity index (χ1n) is 13.0. The van der Waals surface area contributed by atoms with Crippen LogP contribution in [0.2, 0.25) is 0 Å². The lowest BCUT2D eigenvalue weighted by Crippen LogP contribution is -2.52. The molecular weight excluding hydrogens is 486 g/mol. The van der Waals surface area contributed by atoms with Gasteiger partial charge in [-0.25, -0.2) is 8.42 Å². The maximum absolute atomic E-state index is 13.7. The molecule has 7 nitrogen and oxygen atoms in total. The van der Waals surface area contributed by atoms with Crippen molar-refractivity contribution in [1.82, 2.24) is 10.2 Å². The Labute approximate surface area is 222 Å². The first-order chi connectivity index (χ1) is 17.3. The summed E-state index contributed by atoms with van der Waals surface area (Å²) in [5, 5.41) is 3.08. The molecule has 1 aliphatic carbocycles. The van der Waals surface area contributed by atoms with Gasteiger partial charge in [-0.2, -0.15) is 0 Å². The molecule has 0 spiro atoms. The molecule has 2 amide bonds. The minimum atomic E-state index is -3.75. The van der Waals surface area contributed by atoms with E-state index in [1.165, 1.54) is 4.90 Å². The van der Waals surface area contributed by atoms with Crippen LogP contribution in [0.3, 0.4) is 0 Å². The number of amides is 2. The monoisotopic (exact) mass is 527 g/mol. The number of sulfonamides is 1. The normalized spacial score (nSPS) is 15.3. The van der Waals surface area contributed by atoms with E-state index >= 15 is 0 Å². The Morgan fingerprint density at radius 3 is 2.08 bits per heavy atom. The van der Waals surface area contributed by atoms with Gasteiger partial charge in [0.25, 0.3) is 0 Å². The van der Waals surface area contributed by atoms with Crippen molar-refractivity contribution in [3.8, 4) is 0 Å². The third-order valence-electron chi connectivity index (χ3n) is 7.04. The fourth-order valence-corrected chi connectivity index (χ4v) is 5.46. The predicted molar refractivity (Wildman–Crippen MR) is 149 cm³/mol. The molecule has 0 radical (unpaired) electrons. The van der Waals surface area contributed by atoms with Gasteiger partial charge in [0.1, 0.15) is 12.6 Å². The summed E-state index contributed by atoms with van der Waals surface area (Å²) in [7, 11) is -3.75. The first kappa shape index (κ1) is 28.7. The molecule has 2 aromatic carbocycles. The number of hydrogen-bond acceptors (Lipinski definition) is 4. The number of rotatable bonds is 9. The molecule has 8 heteroatoms. The number of benzene rings is 2. The van der Waals surface area contributed by atoms with Gasteiger partial charge in [0.15, 0.2) is 0 Å². The lowest BCUT2D eigenvalue weighted by atomic mass is 9.87. The van der Waals surface area contributed by atoms with E-state index < -0.39 is 22.0 Å². The Hall–Kier alpha value is -2.87. The molecular formula is C29H41N3O4S. The van der Waals surface area contributed by atoms with E-state index in [9.17, 15) is 18.0 Å². The van der Waals surface area contributed by atoms with Crippen molar-refractivity contribution >= 4 is 27.5 Å². The van der Waals surface area contributed by atoms with Gasteiger partial charge in [0, 0.05) is 12.6 Å². The third-order valence-corrected chi connectivity index (χ3v) is 8.18. The van der Waals surface area contributed by atoms with E-state index in [-0.39, 0.29) is 30.5 Å². The minimum Gasteiger partial charge on any atom is -0.352 e. The fraction of sp³-hybridized carbons (Fsp3) is 0.517. The highest BCUT2D eigenvalue weighted by Gasteiger charge is 2.31. The van der Waals surface area contributed by atoms with Crippen LogP contribution in [0.4, 0.5) is 5.69 Å². The van der Waals surface area contributed by atoms with Gasteiger partial charge in [-0.15, -0.1) is 0 Å². The summed E-state index contributed by atoms with van der Waals surface area (Å²) in [4.78, 5) is 28.3. The van der Waals surface area contributed by atoms with Crippen LogP contribution in [0.1, 0.15) is 70.1 Å². The smallest absolute Gasteiger partial charge is 0.244 e. The fourth-order valence-electron chi connectivity index (χ4n) is 4.61. The summed E-state index contributed by atoms with van der Waals surface area (Å²) in [5.74, 6) is -0.646. The maximum atomic E-state index is 13.7. The molecule has 1 N–H and O–H groups in total. The second kappa shape index (κ2) is 11.7. The number of carbonyl (C=O) groups excluding carboxylic acids is 2. The molecule has 1 saturated carbocycles. The van der Waals surface area contributed by atoms with Crippen molar-refractivity contribution in [3.63, 3.8) is 0 Å². The Morgan fingerprint density at radius 2 is 1.57 bits per heavy atom. The summed E-state index contributed by atoms with van der Waals surface area (Å²) in [6.45, 7) is 9.76. The first-order valence-corrected chi connectivity index (χ1v) is 14.8. The van der Waals surface area contributed by atoms with Gasteiger partial charge in [-0.3, -0.25) is 13.9 Å². The van der Waals surface area contributed by atoms with Crippen LogP contribution >= 0.6 is 0 Å². The average molecular weight is 528 g/mol. The van der Waals surface area contributed by atoms with Crippen molar-refractivity contribution in [3.05, 3.63) is 65.2 Å². The molecule has 2 aromatic rings. The van der Waals surface area contributed by atoms with Crippen LogP contribution in [0, 0.1) is 6.92 Å². The second-order valence-electron chi connectivity index (χ2n) is 11.2. The van der Waals surface area contributed by atoms with Gasteiger partial charge < -0.3 is 10.2 Å². The summed E-state index contributed by atoms with van der Waals surface area (Å²) in [6.07, 6.45) is 5.15. The molecule has 0 aliphatic heterocycles. The zero-order valence-electron chi connectivity index (χ0n) is 23.0. The minimum absolute atomic E-state index is 0.0861. The van der Waals surface area contributed by atoms with E-state index in [0.717, 1.165) is 52.9 Å². The van der Waals surface area contributed by atoms with Crippen LogP contribution in [-0.4, -0.2) is 50.0 Å². The molecule has 0 bridgehead atoms. The Kier molecular flexibility index (Phi) is 9.05. The average Bonchev–Trinajstić information content (AvgIpc) is 3.33. The molecule has 0 saturated heterocycles. The van der Waals surface area contributed by atoms with Crippen molar-refractivity contribution in [2.45, 2.75) is 84.3 Å². The zero-order chi connectivity index (χ0) is 27.4. The molecule has 3 rings (SSSR count). The van der Waals surface area contributed by atoms with Gasteiger partial charge >= 0.3 is 0 Å². The lowest BCUT2D eigenvalue weighted by Gasteiger charge is -2.32. The van der Waals surface area contributed by atoms with Crippen LogP contribution < -0.4 is 9.62 Å². The van der Waals surface area contributed by atoms with E-state index in [1.807, 2.05) is 43.3 Å². The van der Waals surface area contributed by atoms with Gasteiger partial charge in [0.05, 0.1) is 11.9 Å². The molecule has 202 valence electrons. The summed E-state index contributed by atoms with van der Waals surface area (Å²) in [6, 6.07) is 14.4. The molecule has 0 aromatic heterocycles. The standard InChI is InChI=1S/C29H41N3O4S/c1-21-11-13-23(14-12-21)19-31(22(2)28(34)30-25-9-7-8-10-25)27(33)20-32(37(6,35)36)26-17-15-24(16-18-26)29(3,4)5/h11-18,22,25H,7-10,19-20H2,1-6H3,(H,30,34). The number of carbonyl (C=O) groups is 2. The number of nitrogens with one attached hydrogen (secondary N) is 1. The molecule has 1 unspecified atom stereocenters. The maximum Gasteiger partial charge on any atom is 0.244 e. The molecule has 37 heavy (non-hydrogen) atoms. The highest BCUT2D eigenvalue weighted by Crippen LogP contribution is 2.26. The highest BCUT2D eigenvalue weighted by atomic mass is 32.2. The summed E-state index contributed by atoms with van der Waals surface area (Å²) >= 11 is 0. The Balaban J connectivity index is 1.87. The van der Waals surface area contributed by atoms with Crippen LogP contribution in [0.15, 0.2) is 48.5 Å². The van der Waals surface area contributed by atoms with Gasteiger partial charge in [-0.05, 0) is 55.4 Å². The van der Waals surface area contributed by atoms with Gasteiger partial charge in [-0.1, -0.05) is 75.6 Å². The van der Waals surface area contributed by atoms with Gasteiger partial charge in [0.2, 0.25) is 21.8 Å². The van der Waals surface area contributed by atoms with Crippen LogP contribution in [-0.2, 0) is 31.6 Å². The Morgan fingerprint density at radius 1 is 1.00 bits per heavy atom. The quantitative estimate of drug-likeness (QED) is 0.519. The van der Waals surface area contributed by atoms with Crippen molar-refractivity contribution in [2.24, 2.45) is 0 Å². The summed E-state index contributed by atoms with van der Waals surface area (Å²) in [5.41, 5.74) is 3.36. The molecule has 1 atom stereocenters. The second-order valence-corrected chi connectivity index (χ2v) is 13.1. The van der Waals surface area contributed by atoms with E-state index in [0.29, 0.717) is 5.69 Å². The number of hydrogen-bond donors (Lipinski definition) is 1. The molecule has 0 heterocycles. The highest BCUT2D eigenvalue weighted by molar-refractivity contribution is 7.92. The number of aryl methyl sites for hydroxylation is 1. The van der Waals surface area contributed by atoms with Crippen molar-refractivity contribution in [2.75, 3.05) is 17.1 Å². The summed E-state index contributed by atoms with van der Waals surface area (Å²) < 4.78 is 26.7. The van der Waals surface area contributed by atoms with Crippen molar-refractivity contribution in [1.29, 1.82) is 0 Å². The largest absolute Gasteiger partial charge is 0.352 e. The SMILES string of the molecule is Cc1ccc(CN(C(=O)CN(c2ccc(C(C)(C)C)cc2)S(C)(=O)=O)C(C)C(=O)NC2CCCC2)cc1. The van der Waals surface area contributed by atoms with Crippen LogP contribution in [0.5, 0.6) is 0 Å². The van der Waals surface area contributed by atoms with E-state index in [4.69, 9.17) is 0 Å². The molecule has 1 aliphatic rings. The number of anilines is 1. The van der Waals surface area contributed by atoms with Crippen molar-refractivity contribution < 1.29 is 18.0 Å². The predicted octanol–water partition coefficient (Wildman–Crippen LogP) is 4.53. The van der Waals surface area contributed by atoms with E-state index in [1.54, 1.807) is 19.1 Å². The van der Waals surface area contributed by atoms with E-state index in [2.05, 4.69) is 26.1 Å². The van der Waals surface area contributed by atoms with Crippen LogP contribution in [0.25, 0.3) is 0 Å². The number of nitrogens with zero attached hydrogens (tertiary/aromatic N) is 2. The molecule has 1 fully saturated rings. The lowest BCUT2D eigenvalue weighted by molar-refractivity contribution is -0.139. The topological polar surface area (TPSA) is 86.8 Å². The zero-order valence-corrected chi connectivity index (χ0v) is 23.8.